The molecule has 0 aliphatic rings. The van der Waals surface area contributed by atoms with E-state index in [2.05, 4.69) is 5.32 Å². The van der Waals surface area contributed by atoms with E-state index >= 15 is 0 Å². The Bertz CT molecular complexity index is 973. The van der Waals surface area contributed by atoms with Crippen LogP contribution in [0.15, 0.2) is 72.8 Å². The van der Waals surface area contributed by atoms with Crippen molar-refractivity contribution in [3.8, 4) is 11.1 Å². The topological polar surface area (TPSA) is 55.4 Å². The molecule has 0 aliphatic heterocycles. The van der Waals surface area contributed by atoms with Gasteiger partial charge in [0, 0.05) is 5.56 Å². The number of amides is 1. The van der Waals surface area contributed by atoms with E-state index in [1.165, 1.54) is 0 Å². The van der Waals surface area contributed by atoms with Crippen molar-refractivity contribution in [3.63, 3.8) is 0 Å². The molecule has 3 aromatic rings. The SMILES string of the molecule is O=C(CNC(=O)c1ccc(-c2ccccc2)cc1)OCc1ccc(Cl)c(Cl)c1. The number of esters is 1. The number of halogens is 2. The van der Waals surface area contributed by atoms with E-state index in [4.69, 9.17) is 27.9 Å². The largest absolute Gasteiger partial charge is 0.460 e. The van der Waals surface area contributed by atoms with E-state index in [0.29, 0.717) is 21.2 Å². The lowest BCUT2D eigenvalue weighted by molar-refractivity contribution is -0.143. The number of rotatable bonds is 6. The molecule has 0 saturated heterocycles. The number of carbonyl (C=O) groups excluding carboxylic acids is 2. The van der Waals surface area contributed by atoms with Gasteiger partial charge in [0.25, 0.3) is 5.91 Å². The monoisotopic (exact) mass is 413 g/mol. The summed E-state index contributed by atoms with van der Waals surface area (Å²) in [5.41, 5.74) is 3.26. The van der Waals surface area contributed by atoms with Gasteiger partial charge in [-0.15, -0.1) is 0 Å². The Morgan fingerprint density at radius 3 is 2.18 bits per heavy atom. The van der Waals surface area contributed by atoms with Crippen LogP contribution >= 0.6 is 23.2 Å². The van der Waals surface area contributed by atoms with Gasteiger partial charge in [-0.1, -0.05) is 71.7 Å². The smallest absolute Gasteiger partial charge is 0.325 e. The minimum atomic E-state index is -0.541. The van der Waals surface area contributed by atoms with Crippen molar-refractivity contribution in [2.75, 3.05) is 6.54 Å². The lowest BCUT2D eigenvalue weighted by Gasteiger charge is -2.08. The van der Waals surface area contributed by atoms with Crippen molar-refractivity contribution >= 4 is 35.1 Å². The lowest BCUT2D eigenvalue weighted by Crippen LogP contribution is -2.30. The average molecular weight is 414 g/mol. The molecule has 1 amide bonds. The van der Waals surface area contributed by atoms with Crippen molar-refractivity contribution in [1.29, 1.82) is 0 Å². The highest BCUT2D eigenvalue weighted by molar-refractivity contribution is 6.42. The zero-order chi connectivity index (χ0) is 19.9. The van der Waals surface area contributed by atoms with Gasteiger partial charge in [0.2, 0.25) is 0 Å². The maximum atomic E-state index is 12.2. The molecule has 3 aromatic carbocycles. The van der Waals surface area contributed by atoms with Gasteiger partial charge in [-0.25, -0.2) is 0 Å². The maximum absolute atomic E-state index is 12.2. The van der Waals surface area contributed by atoms with Gasteiger partial charge in [0.15, 0.2) is 0 Å². The normalized spacial score (nSPS) is 10.4. The Morgan fingerprint density at radius 1 is 0.821 bits per heavy atom. The van der Waals surface area contributed by atoms with E-state index in [1.807, 2.05) is 42.5 Å². The van der Waals surface area contributed by atoms with Gasteiger partial charge in [0.05, 0.1) is 10.0 Å². The molecule has 0 radical (unpaired) electrons. The van der Waals surface area contributed by atoms with E-state index in [-0.39, 0.29) is 19.1 Å². The van der Waals surface area contributed by atoms with E-state index in [0.717, 1.165) is 11.1 Å². The summed E-state index contributed by atoms with van der Waals surface area (Å²) >= 11 is 11.8. The molecule has 0 fully saturated rings. The lowest BCUT2D eigenvalue weighted by atomic mass is 10.0. The summed E-state index contributed by atoms with van der Waals surface area (Å²) in [5, 5.41) is 3.38. The summed E-state index contributed by atoms with van der Waals surface area (Å²) in [7, 11) is 0. The molecule has 142 valence electrons. The standard InChI is InChI=1S/C22H17Cl2NO3/c23-19-11-6-15(12-20(19)24)14-28-21(26)13-25-22(27)18-9-7-17(8-10-18)16-4-2-1-3-5-16/h1-12H,13-14H2,(H,25,27). The first kappa shape index (κ1) is 19.9. The highest BCUT2D eigenvalue weighted by Gasteiger charge is 2.10. The quantitative estimate of drug-likeness (QED) is 0.569. The molecule has 0 heterocycles. The fourth-order valence-electron chi connectivity index (χ4n) is 2.54. The zero-order valence-electron chi connectivity index (χ0n) is 14.8. The molecule has 0 aliphatic carbocycles. The molecular formula is C22H17Cl2NO3. The summed E-state index contributed by atoms with van der Waals surface area (Å²) in [4.78, 5) is 24.0. The van der Waals surface area contributed by atoms with E-state index in [1.54, 1.807) is 30.3 Å². The number of hydrogen-bond donors (Lipinski definition) is 1. The van der Waals surface area contributed by atoms with Crippen molar-refractivity contribution in [3.05, 3.63) is 94.0 Å². The first-order valence-corrected chi connectivity index (χ1v) is 9.32. The summed E-state index contributed by atoms with van der Waals surface area (Å²) in [6.45, 7) is -0.169. The van der Waals surface area contributed by atoms with Gasteiger partial charge in [0.1, 0.15) is 13.2 Å². The van der Waals surface area contributed by atoms with Gasteiger partial charge in [-0.3, -0.25) is 9.59 Å². The van der Waals surface area contributed by atoms with E-state index in [9.17, 15) is 9.59 Å². The van der Waals surface area contributed by atoms with Crippen LogP contribution in [0, 0.1) is 0 Å². The van der Waals surface area contributed by atoms with Gasteiger partial charge in [-0.2, -0.15) is 0 Å². The van der Waals surface area contributed by atoms with Crippen LogP contribution in [-0.2, 0) is 16.1 Å². The van der Waals surface area contributed by atoms with Crippen LogP contribution < -0.4 is 5.32 Å². The predicted molar refractivity (Wildman–Crippen MR) is 110 cm³/mol. The molecule has 28 heavy (non-hydrogen) atoms. The second kappa shape index (κ2) is 9.40. The van der Waals surface area contributed by atoms with E-state index < -0.39 is 5.97 Å². The Morgan fingerprint density at radius 2 is 1.50 bits per heavy atom. The molecule has 4 nitrogen and oxygen atoms in total. The summed E-state index contributed by atoms with van der Waals surface area (Å²) in [6, 6.07) is 22.0. The number of carbonyl (C=O) groups is 2. The van der Waals surface area contributed by atoms with Crippen molar-refractivity contribution in [1.82, 2.24) is 5.32 Å². The van der Waals surface area contributed by atoms with Crippen molar-refractivity contribution in [2.24, 2.45) is 0 Å². The number of nitrogens with one attached hydrogen (secondary N) is 1. The highest BCUT2D eigenvalue weighted by Crippen LogP contribution is 2.23. The Hall–Kier alpha value is -2.82. The Kier molecular flexibility index (Phi) is 6.69. The molecule has 0 spiro atoms. The van der Waals surface area contributed by atoms with Gasteiger partial charge >= 0.3 is 5.97 Å². The van der Waals surface area contributed by atoms with Gasteiger partial charge < -0.3 is 10.1 Å². The number of benzene rings is 3. The Labute approximate surface area is 173 Å². The van der Waals surface area contributed by atoms with Crippen LogP contribution in [0.5, 0.6) is 0 Å². The minimum Gasteiger partial charge on any atom is -0.460 e. The van der Waals surface area contributed by atoms with Crippen LogP contribution in [0.2, 0.25) is 10.0 Å². The molecular weight excluding hydrogens is 397 g/mol. The maximum Gasteiger partial charge on any atom is 0.325 e. The molecule has 0 atom stereocenters. The van der Waals surface area contributed by atoms with Crippen LogP contribution in [0.25, 0.3) is 11.1 Å². The second-order valence-electron chi connectivity index (χ2n) is 6.04. The molecule has 3 rings (SSSR count). The zero-order valence-corrected chi connectivity index (χ0v) is 16.3. The molecule has 1 N–H and O–H groups in total. The van der Waals surface area contributed by atoms with Crippen molar-refractivity contribution in [2.45, 2.75) is 6.61 Å². The first-order valence-electron chi connectivity index (χ1n) is 8.56. The third-order valence-corrected chi connectivity index (χ3v) is 4.77. The molecule has 0 unspecified atom stereocenters. The third-order valence-electron chi connectivity index (χ3n) is 4.03. The molecule has 0 bridgehead atoms. The van der Waals surface area contributed by atoms with Crippen LogP contribution in [-0.4, -0.2) is 18.4 Å². The summed E-state index contributed by atoms with van der Waals surface area (Å²) < 4.78 is 5.13. The predicted octanol–water partition coefficient (Wildman–Crippen LogP) is 5.13. The Balaban J connectivity index is 1.49. The molecule has 0 saturated carbocycles. The fourth-order valence-corrected chi connectivity index (χ4v) is 2.86. The van der Waals surface area contributed by atoms with Crippen LogP contribution in [0.1, 0.15) is 15.9 Å². The summed E-state index contributed by atoms with van der Waals surface area (Å²) in [5.74, 6) is -0.883. The molecule has 6 heteroatoms. The second-order valence-corrected chi connectivity index (χ2v) is 6.85. The third kappa shape index (κ3) is 5.35. The fraction of sp³-hybridized carbons (Fsp3) is 0.0909. The summed E-state index contributed by atoms with van der Waals surface area (Å²) in [6.07, 6.45) is 0. The number of ether oxygens (including phenoxy) is 1. The van der Waals surface area contributed by atoms with Crippen LogP contribution in [0.4, 0.5) is 0 Å². The van der Waals surface area contributed by atoms with Crippen molar-refractivity contribution < 1.29 is 14.3 Å². The average Bonchev–Trinajstić information content (AvgIpc) is 2.73. The number of hydrogen-bond acceptors (Lipinski definition) is 3. The van der Waals surface area contributed by atoms with Gasteiger partial charge in [-0.05, 0) is 41.0 Å². The van der Waals surface area contributed by atoms with Crippen LogP contribution in [0.3, 0.4) is 0 Å². The minimum absolute atomic E-state index is 0.0529. The first-order chi connectivity index (χ1) is 13.5. The molecule has 0 aromatic heterocycles. The highest BCUT2D eigenvalue weighted by atomic mass is 35.5.